The smallest absolute Gasteiger partial charge is 0.317 e. The van der Waals surface area contributed by atoms with Crippen molar-refractivity contribution in [2.45, 2.75) is 25.3 Å². The van der Waals surface area contributed by atoms with Crippen molar-refractivity contribution in [1.29, 1.82) is 0 Å². The summed E-state index contributed by atoms with van der Waals surface area (Å²) in [6.07, 6.45) is 0. The molecule has 3 aromatic rings. The largest absolute Gasteiger partial charge is 0.331 e. The lowest BCUT2D eigenvalue weighted by atomic mass is 10.2. The molecule has 2 amide bonds. The summed E-state index contributed by atoms with van der Waals surface area (Å²) in [6.45, 7) is 5.35. The Hall–Kier alpha value is -2.75. The van der Waals surface area contributed by atoms with Crippen molar-refractivity contribution in [2.24, 2.45) is 0 Å². The van der Waals surface area contributed by atoms with E-state index in [0.717, 1.165) is 27.4 Å². The van der Waals surface area contributed by atoms with Crippen LogP contribution in [0.2, 0.25) is 0 Å². The maximum atomic E-state index is 13.0. The van der Waals surface area contributed by atoms with Crippen molar-refractivity contribution in [3.63, 3.8) is 0 Å². The Morgan fingerprint density at radius 1 is 1.06 bits per heavy atom. The summed E-state index contributed by atoms with van der Waals surface area (Å²) in [7, 11) is -3.57. The van der Waals surface area contributed by atoms with E-state index in [1.54, 1.807) is 11.0 Å². The van der Waals surface area contributed by atoms with Gasteiger partial charge in [0.05, 0.1) is 17.1 Å². The molecule has 0 saturated carbocycles. The fourth-order valence-electron chi connectivity index (χ4n) is 3.76. The van der Waals surface area contributed by atoms with E-state index < -0.39 is 10.0 Å². The van der Waals surface area contributed by atoms with Gasteiger partial charge in [-0.1, -0.05) is 48.0 Å². The maximum Gasteiger partial charge on any atom is 0.317 e. The summed E-state index contributed by atoms with van der Waals surface area (Å²) in [4.78, 5) is 19.2. The molecule has 0 aliphatic carbocycles. The van der Waals surface area contributed by atoms with Crippen LogP contribution in [0.5, 0.6) is 0 Å². The number of rotatable bonds is 5. The summed E-state index contributed by atoms with van der Waals surface area (Å²) in [5.41, 5.74) is 3.70. The Kier molecular flexibility index (Phi) is 6.59. The molecule has 0 bridgehead atoms. The first kappa shape index (κ1) is 22.4. The second kappa shape index (κ2) is 9.40. The second-order valence-electron chi connectivity index (χ2n) is 7.81. The topological polar surface area (TPSA) is 82.6 Å². The molecule has 32 heavy (non-hydrogen) atoms. The van der Waals surface area contributed by atoms with Crippen molar-refractivity contribution >= 4 is 27.4 Å². The highest BCUT2D eigenvalue weighted by atomic mass is 32.2. The van der Waals surface area contributed by atoms with E-state index in [2.05, 4.69) is 10.3 Å². The minimum Gasteiger partial charge on any atom is -0.331 e. The van der Waals surface area contributed by atoms with Gasteiger partial charge in [0, 0.05) is 37.1 Å². The number of hydrogen-bond donors (Lipinski definition) is 1. The number of hydrogen-bond acceptors (Lipinski definition) is 5. The summed E-state index contributed by atoms with van der Waals surface area (Å²) >= 11 is 1.50. The Morgan fingerprint density at radius 2 is 1.78 bits per heavy atom. The molecule has 1 aromatic heterocycles. The van der Waals surface area contributed by atoms with Crippen LogP contribution in [-0.4, -0.2) is 54.8 Å². The summed E-state index contributed by atoms with van der Waals surface area (Å²) in [6, 6.07) is 15.0. The summed E-state index contributed by atoms with van der Waals surface area (Å²) in [5, 5.41) is 5.71. The number of urea groups is 1. The molecular formula is C23H26N4O3S2. The number of aryl methyl sites for hydroxylation is 2. The zero-order chi connectivity index (χ0) is 22.7. The Balaban J connectivity index is 1.31. The highest BCUT2D eigenvalue weighted by Crippen LogP contribution is 2.23. The van der Waals surface area contributed by atoms with Gasteiger partial charge in [-0.3, -0.25) is 0 Å². The Labute approximate surface area is 192 Å². The lowest BCUT2D eigenvalue weighted by Crippen LogP contribution is -2.53. The lowest BCUT2D eigenvalue weighted by molar-refractivity contribution is 0.172. The van der Waals surface area contributed by atoms with Gasteiger partial charge < -0.3 is 10.2 Å². The van der Waals surface area contributed by atoms with Gasteiger partial charge in [-0.2, -0.15) is 4.31 Å². The highest BCUT2D eigenvalue weighted by molar-refractivity contribution is 7.89. The molecular weight excluding hydrogens is 444 g/mol. The fraction of sp³-hybridized carbons (Fsp3) is 0.304. The van der Waals surface area contributed by atoms with E-state index in [4.69, 9.17) is 0 Å². The lowest BCUT2D eigenvalue weighted by Gasteiger charge is -2.34. The van der Waals surface area contributed by atoms with Gasteiger partial charge in [-0.05, 0) is 25.5 Å². The monoisotopic (exact) mass is 470 g/mol. The first-order valence-electron chi connectivity index (χ1n) is 10.4. The van der Waals surface area contributed by atoms with Crippen LogP contribution in [0.3, 0.4) is 0 Å². The Morgan fingerprint density at radius 3 is 2.47 bits per heavy atom. The number of piperazine rings is 1. The molecule has 9 heteroatoms. The van der Waals surface area contributed by atoms with Crippen molar-refractivity contribution < 1.29 is 13.2 Å². The maximum absolute atomic E-state index is 13.0. The summed E-state index contributed by atoms with van der Waals surface area (Å²) < 4.78 is 27.5. The fourth-order valence-corrected chi connectivity index (χ4v) is 6.13. The van der Waals surface area contributed by atoms with Crippen LogP contribution in [0.15, 0.2) is 58.8 Å². The van der Waals surface area contributed by atoms with Crippen molar-refractivity contribution in [2.75, 3.05) is 26.2 Å². The predicted octanol–water partition coefficient (Wildman–Crippen LogP) is 3.64. The van der Waals surface area contributed by atoms with E-state index in [0.29, 0.717) is 24.5 Å². The van der Waals surface area contributed by atoms with Crippen molar-refractivity contribution in [3.05, 3.63) is 70.0 Å². The number of nitrogens with one attached hydrogen (secondary N) is 1. The van der Waals surface area contributed by atoms with E-state index >= 15 is 0 Å². The van der Waals surface area contributed by atoms with Gasteiger partial charge in [0.15, 0.2) is 0 Å². The van der Waals surface area contributed by atoms with Gasteiger partial charge in [-0.15, -0.1) is 11.3 Å². The van der Waals surface area contributed by atoms with Crippen LogP contribution in [-0.2, 0) is 16.6 Å². The van der Waals surface area contributed by atoms with Crippen LogP contribution < -0.4 is 5.32 Å². The number of thiazole rings is 1. The third kappa shape index (κ3) is 4.85. The quantitative estimate of drug-likeness (QED) is 0.617. The molecule has 1 fully saturated rings. The molecule has 1 aliphatic heterocycles. The van der Waals surface area contributed by atoms with Crippen molar-refractivity contribution in [3.8, 4) is 11.3 Å². The zero-order valence-electron chi connectivity index (χ0n) is 18.1. The molecule has 0 atom stereocenters. The molecule has 1 saturated heterocycles. The number of carbonyl (C=O) groups is 1. The standard InChI is InChI=1S/C23H26N4O3S2/c1-17-8-9-21(18(2)14-17)32(29,30)27-12-10-26(11-13-27)23(28)24-15-22-25-20(16-31-22)19-6-4-3-5-7-19/h3-9,14,16H,10-13,15H2,1-2H3,(H,24,28). The van der Waals surface area contributed by atoms with Crippen LogP contribution >= 0.6 is 11.3 Å². The minimum atomic E-state index is -3.57. The number of benzene rings is 2. The first-order valence-corrected chi connectivity index (χ1v) is 12.8. The normalized spacial score (nSPS) is 15.0. The SMILES string of the molecule is Cc1ccc(S(=O)(=O)N2CCN(C(=O)NCc3nc(-c4ccccc4)cs3)CC2)c(C)c1. The van der Waals surface area contributed by atoms with Crippen LogP contribution in [0.25, 0.3) is 11.3 Å². The number of sulfonamides is 1. The molecule has 2 aromatic carbocycles. The number of carbonyl (C=O) groups excluding carboxylic acids is 1. The van der Waals surface area contributed by atoms with Gasteiger partial charge in [0.25, 0.3) is 0 Å². The first-order chi connectivity index (χ1) is 15.3. The minimum absolute atomic E-state index is 0.204. The van der Waals surface area contributed by atoms with E-state index in [-0.39, 0.29) is 19.1 Å². The van der Waals surface area contributed by atoms with Crippen molar-refractivity contribution in [1.82, 2.24) is 19.5 Å². The van der Waals surface area contributed by atoms with Gasteiger partial charge in [0.2, 0.25) is 10.0 Å². The summed E-state index contributed by atoms with van der Waals surface area (Å²) in [5.74, 6) is 0. The van der Waals surface area contributed by atoms with Crippen LogP contribution in [0, 0.1) is 13.8 Å². The zero-order valence-corrected chi connectivity index (χ0v) is 19.7. The third-order valence-corrected chi connectivity index (χ3v) is 8.39. The highest BCUT2D eigenvalue weighted by Gasteiger charge is 2.31. The van der Waals surface area contributed by atoms with Gasteiger partial charge in [-0.25, -0.2) is 18.2 Å². The Bertz CT molecular complexity index is 1200. The molecule has 4 rings (SSSR count). The predicted molar refractivity (Wildman–Crippen MR) is 126 cm³/mol. The van der Waals surface area contributed by atoms with E-state index in [1.807, 2.05) is 61.7 Å². The molecule has 1 aliphatic rings. The molecule has 1 N–H and O–H groups in total. The van der Waals surface area contributed by atoms with E-state index in [1.165, 1.54) is 15.6 Å². The molecule has 0 radical (unpaired) electrons. The van der Waals surface area contributed by atoms with Gasteiger partial charge >= 0.3 is 6.03 Å². The molecule has 7 nitrogen and oxygen atoms in total. The van der Waals surface area contributed by atoms with Crippen LogP contribution in [0.4, 0.5) is 4.79 Å². The molecule has 2 heterocycles. The average molecular weight is 471 g/mol. The van der Waals surface area contributed by atoms with E-state index in [9.17, 15) is 13.2 Å². The second-order valence-corrected chi connectivity index (χ2v) is 10.7. The number of aromatic nitrogens is 1. The number of amides is 2. The molecule has 0 unspecified atom stereocenters. The molecule has 0 spiro atoms. The number of nitrogens with zero attached hydrogens (tertiary/aromatic N) is 3. The van der Waals surface area contributed by atoms with Gasteiger partial charge in [0.1, 0.15) is 5.01 Å². The van der Waals surface area contributed by atoms with Crippen LogP contribution in [0.1, 0.15) is 16.1 Å². The average Bonchev–Trinajstić information content (AvgIpc) is 3.27. The molecule has 168 valence electrons. The third-order valence-electron chi connectivity index (χ3n) is 5.49.